The third-order valence-corrected chi connectivity index (χ3v) is 5.73. The molecule has 0 bridgehead atoms. The molecule has 164 valence electrons. The van der Waals surface area contributed by atoms with Gasteiger partial charge in [0, 0.05) is 31.4 Å². The van der Waals surface area contributed by atoms with Crippen molar-refractivity contribution in [3.63, 3.8) is 0 Å². The number of guanidine groups is 1. The van der Waals surface area contributed by atoms with Gasteiger partial charge in [-0.15, -0.1) is 35.3 Å². The third kappa shape index (κ3) is 7.35. The summed E-state index contributed by atoms with van der Waals surface area (Å²) < 4.78 is 4.60. The Balaban J connectivity index is 0.00000320. The number of ether oxygens (including phenoxy) is 1. The van der Waals surface area contributed by atoms with E-state index in [1.165, 1.54) is 12.1 Å². The third-order valence-electron chi connectivity index (χ3n) is 4.80. The minimum absolute atomic E-state index is 0. The molecule has 0 atom stereocenters. The van der Waals surface area contributed by atoms with Crippen molar-refractivity contribution in [2.24, 2.45) is 4.99 Å². The van der Waals surface area contributed by atoms with Crippen molar-refractivity contribution in [3.05, 3.63) is 47.3 Å². The minimum Gasteiger partial charge on any atom is -0.453 e. The number of hydrogen-bond acceptors (Lipinski definition) is 5. The summed E-state index contributed by atoms with van der Waals surface area (Å²) in [6.45, 7) is 5.59. The summed E-state index contributed by atoms with van der Waals surface area (Å²) in [5.74, 6) is 0.846. The average Bonchev–Trinajstić information content (AvgIpc) is 3.28. The van der Waals surface area contributed by atoms with E-state index in [4.69, 9.17) is 4.99 Å². The summed E-state index contributed by atoms with van der Waals surface area (Å²) in [6.07, 6.45) is 1.71. The smallest absolute Gasteiger partial charge is 0.411 e. The molecular formula is C21H30IN5O2S. The fourth-order valence-corrected chi connectivity index (χ4v) is 4.03. The highest BCUT2D eigenvalue weighted by molar-refractivity contribution is 14.0. The second-order valence-electron chi connectivity index (χ2n) is 6.87. The van der Waals surface area contributed by atoms with E-state index in [2.05, 4.69) is 50.0 Å². The Kier molecular flexibility index (Phi) is 10.2. The van der Waals surface area contributed by atoms with Gasteiger partial charge >= 0.3 is 6.09 Å². The molecule has 30 heavy (non-hydrogen) atoms. The maximum Gasteiger partial charge on any atom is 0.411 e. The van der Waals surface area contributed by atoms with Gasteiger partial charge in [0.15, 0.2) is 5.96 Å². The van der Waals surface area contributed by atoms with Crippen LogP contribution in [0.5, 0.6) is 0 Å². The van der Waals surface area contributed by atoms with Crippen LogP contribution in [0, 0.1) is 0 Å². The normalized spacial score (nSPS) is 14.6. The molecule has 1 fully saturated rings. The number of anilines is 2. The van der Waals surface area contributed by atoms with Gasteiger partial charge in [-0.3, -0.25) is 5.32 Å². The number of carbonyl (C=O) groups is 1. The number of nitrogens with zero attached hydrogens (tertiary/aromatic N) is 2. The summed E-state index contributed by atoms with van der Waals surface area (Å²) >= 11 is 1.80. The van der Waals surface area contributed by atoms with Crippen LogP contribution in [-0.4, -0.2) is 44.8 Å². The first kappa shape index (κ1) is 24.3. The summed E-state index contributed by atoms with van der Waals surface area (Å²) in [7, 11) is 1.35. The minimum atomic E-state index is -0.473. The highest BCUT2D eigenvalue weighted by Crippen LogP contribution is 2.24. The van der Waals surface area contributed by atoms with Crippen molar-refractivity contribution in [2.45, 2.75) is 32.4 Å². The summed E-state index contributed by atoms with van der Waals surface area (Å²) in [6, 6.07) is 12.3. The topological polar surface area (TPSA) is 78.0 Å². The summed E-state index contributed by atoms with van der Waals surface area (Å²) in [5.41, 5.74) is 1.78. The van der Waals surface area contributed by atoms with Crippen LogP contribution in [0.3, 0.4) is 0 Å². The van der Waals surface area contributed by atoms with Crippen LogP contribution in [0.15, 0.2) is 46.8 Å². The van der Waals surface area contributed by atoms with Gasteiger partial charge in [0.1, 0.15) is 0 Å². The van der Waals surface area contributed by atoms with E-state index in [0.717, 1.165) is 44.0 Å². The fraction of sp³-hybridized carbons (Fsp3) is 0.429. The van der Waals surface area contributed by atoms with Crippen molar-refractivity contribution in [3.8, 4) is 0 Å². The number of aliphatic imine (C=N–C) groups is 1. The first-order valence-corrected chi connectivity index (χ1v) is 10.8. The zero-order chi connectivity index (χ0) is 20.5. The SMILES string of the molecule is CCNC(=NCc1ccc(NC(=O)OC)cc1)NC1CCN(c2cccs2)CC1.I. The Hall–Kier alpha value is -2.01. The molecule has 1 amide bonds. The molecule has 1 aliphatic heterocycles. The van der Waals surface area contributed by atoms with Crippen LogP contribution < -0.4 is 20.9 Å². The predicted molar refractivity (Wildman–Crippen MR) is 135 cm³/mol. The van der Waals surface area contributed by atoms with Crippen molar-refractivity contribution in [2.75, 3.05) is 37.0 Å². The van der Waals surface area contributed by atoms with Gasteiger partial charge < -0.3 is 20.3 Å². The average molecular weight is 543 g/mol. The molecule has 0 spiro atoms. The van der Waals surface area contributed by atoms with Gasteiger partial charge in [-0.1, -0.05) is 12.1 Å². The molecule has 2 aromatic rings. The maximum atomic E-state index is 11.3. The zero-order valence-corrected chi connectivity index (χ0v) is 20.5. The first-order valence-electron chi connectivity index (χ1n) is 9.95. The van der Waals surface area contributed by atoms with Crippen LogP contribution >= 0.6 is 35.3 Å². The van der Waals surface area contributed by atoms with E-state index in [0.29, 0.717) is 18.3 Å². The molecule has 2 heterocycles. The molecule has 1 saturated heterocycles. The lowest BCUT2D eigenvalue weighted by molar-refractivity contribution is 0.187. The van der Waals surface area contributed by atoms with Gasteiger partial charge in [-0.05, 0) is 55.0 Å². The first-order chi connectivity index (χ1) is 14.2. The summed E-state index contributed by atoms with van der Waals surface area (Å²) in [4.78, 5) is 18.4. The van der Waals surface area contributed by atoms with Crippen LogP contribution in [-0.2, 0) is 11.3 Å². The van der Waals surface area contributed by atoms with E-state index >= 15 is 0 Å². The second-order valence-corrected chi connectivity index (χ2v) is 7.79. The molecule has 3 rings (SSSR count). The van der Waals surface area contributed by atoms with Crippen molar-refractivity contribution in [1.29, 1.82) is 0 Å². The van der Waals surface area contributed by atoms with E-state index in [1.807, 2.05) is 24.3 Å². The molecule has 1 aliphatic rings. The van der Waals surface area contributed by atoms with Crippen LogP contribution in [0.4, 0.5) is 15.5 Å². The van der Waals surface area contributed by atoms with Gasteiger partial charge in [0.25, 0.3) is 0 Å². The van der Waals surface area contributed by atoms with E-state index in [9.17, 15) is 4.79 Å². The number of methoxy groups -OCH3 is 1. The number of carbonyl (C=O) groups excluding carboxylic acids is 1. The molecule has 7 nitrogen and oxygen atoms in total. The van der Waals surface area contributed by atoms with Crippen LogP contribution in [0.1, 0.15) is 25.3 Å². The number of nitrogens with one attached hydrogen (secondary N) is 3. The number of hydrogen-bond donors (Lipinski definition) is 3. The van der Waals surface area contributed by atoms with Gasteiger partial charge in [0.05, 0.1) is 18.7 Å². The van der Waals surface area contributed by atoms with Gasteiger partial charge in [-0.2, -0.15) is 0 Å². The number of halogens is 1. The molecule has 0 saturated carbocycles. The summed E-state index contributed by atoms with van der Waals surface area (Å²) in [5, 5.41) is 13.1. The van der Waals surface area contributed by atoms with Crippen molar-refractivity contribution >= 4 is 58.1 Å². The lowest BCUT2D eigenvalue weighted by Crippen LogP contribution is -2.48. The van der Waals surface area contributed by atoms with Crippen molar-refractivity contribution < 1.29 is 9.53 Å². The van der Waals surface area contributed by atoms with E-state index in [-0.39, 0.29) is 24.0 Å². The molecular weight excluding hydrogens is 513 g/mol. The molecule has 1 aromatic carbocycles. The van der Waals surface area contributed by atoms with Gasteiger partial charge in [0.2, 0.25) is 0 Å². The van der Waals surface area contributed by atoms with Crippen LogP contribution in [0.2, 0.25) is 0 Å². The number of benzene rings is 1. The number of thiophene rings is 1. The van der Waals surface area contributed by atoms with Gasteiger partial charge in [-0.25, -0.2) is 9.79 Å². The van der Waals surface area contributed by atoms with E-state index in [1.54, 1.807) is 11.3 Å². The van der Waals surface area contributed by atoms with Crippen LogP contribution in [0.25, 0.3) is 0 Å². The monoisotopic (exact) mass is 543 g/mol. The molecule has 0 radical (unpaired) electrons. The Morgan fingerprint density at radius 3 is 2.57 bits per heavy atom. The molecule has 1 aromatic heterocycles. The standard InChI is InChI=1S/C21H29N5O2S.HI/c1-3-22-20(23-15-16-6-8-17(9-7-16)25-21(27)28-2)24-18-10-12-26(13-11-18)19-5-4-14-29-19;/h4-9,14,18H,3,10-13,15H2,1-2H3,(H,25,27)(H2,22,23,24);1H. The Morgan fingerprint density at radius 1 is 1.23 bits per heavy atom. The highest BCUT2D eigenvalue weighted by atomic mass is 127. The quantitative estimate of drug-likeness (QED) is 0.288. The largest absolute Gasteiger partial charge is 0.453 e. The maximum absolute atomic E-state index is 11.3. The molecule has 0 aliphatic carbocycles. The lowest BCUT2D eigenvalue weighted by Gasteiger charge is -2.33. The van der Waals surface area contributed by atoms with Crippen molar-refractivity contribution in [1.82, 2.24) is 10.6 Å². The molecule has 9 heteroatoms. The van der Waals surface area contributed by atoms with E-state index < -0.39 is 6.09 Å². The Labute approximate surface area is 199 Å². The number of rotatable bonds is 6. The molecule has 3 N–H and O–H groups in total. The number of amides is 1. The lowest BCUT2D eigenvalue weighted by atomic mass is 10.1. The predicted octanol–water partition coefficient (Wildman–Crippen LogP) is 4.27. The highest BCUT2D eigenvalue weighted by Gasteiger charge is 2.20. The zero-order valence-electron chi connectivity index (χ0n) is 17.4. The number of piperidine rings is 1. The Morgan fingerprint density at radius 2 is 1.97 bits per heavy atom. The Bertz CT molecular complexity index is 790. The second kappa shape index (κ2) is 12.6. The molecule has 0 unspecified atom stereocenters. The fourth-order valence-electron chi connectivity index (χ4n) is 3.24.